The summed E-state index contributed by atoms with van der Waals surface area (Å²) in [6.45, 7) is 4.23. The molecule has 1 aromatic carbocycles. The van der Waals surface area contributed by atoms with E-state index < -0.39 is 0 Å². The van der Waals surface area contributed by atoms with Crippen molar-refractivity contribution in [3.8, 4) is 5.75 Å². The molecule has 0 saturated carbocycles. The lowest BCUT2D eigenvalue weighted by molar-refractivity contribution is 0.340. The quantitative estimate of drug-likeness (QED) is 0.827. The second-order valence-corrected chi connectivity index (χ2v) is 4.95. The number of nitrogens with one attached hydrogen (secondary N) is 1. The number of hydrogen-bond donors (Lipinski definition) is 1. The molecule has 0 atom stereocenters. The smallest absolute Gasteiger partial charge is 0.119 e. The predicted molar refractivity (Wildman–Crippen MR) is 80.1 cm³/mol. The van der Waals surface area contributed by atoms with Crippen LogP contribution in [0.3, 0.4) is 0 Å². The van der Waals surface area contributed by atoms with Gasteiger partial charge in [0.25, 0.3) is 0 Å². The Morgan fingerprint density at radius 1 is 1.16 bits per heavy atom. The van der Waals surface area contributed by atoms with Crippen LogP contribution in [-0.2, 0) is 13.1 Å². The molecule has 2 rings (SSSR count). The maximum atomic E-state index is 5.48. The molecule has 0 fully saturated rings. The van der Waals surface area contributed by atoms with Gasteiger partial charge < -0.3 is 10.1 Å². The van der Waals surface area contributed by atoms with Crippen LogP contribution in [0.4, 0.5) is 0 Å². The van der Waals surface area contributed by atoms with E-state index in [9.17, 15) is 0 Å². The first-order valence-electron chi connectivity index (χ1n) is 6.32. The van der Waals surface area contributed by atoms with Crippen LogP contribution in [0, 0.1) is 0 Å². The van der Waals surface area contributed by atoms with Crippen molar-refractivity contribution in [2.24, 2.45) is 0 Å². The third-order valence-electron chi connectivity index (χ3n) is 2.62. The molecule has 0 aliphatic carbocycles. The summed E-state index contributed by atoms with van der Waals surface area (Å²) in [5, 5.41) is 3.38. The van der Waals surface area contributed by atoms with E-state index in [0.717, 1.165) is 29.1 Å². The van der Waals surface area contributed by atoms with E-state index in [1.807, 2.05) is 37.3 Å². The summed E-state index contributed by atoms with van der Waals surface area (Å²) in [5.41, 5.74) is 2.23. The average Bonchev–Trinajstić information content (AvgIpc) is 2.40. The van der Waals surface area contributed by atoms with Crippen molar-refractivity contribution in [3.05, 3.63) is 58.3 Å². The second-order valence-electron chi connectivity index (χ2n) is 4.14. The molecule has 100 valence electrons. The molecule has 1 aromatic heterocycles. The Morgan fingerprint density at radius 2 is 2.00 bits per heavy atom. The molecule has 0 unspecified atom stereocenters. The van der Waals surface area contributed by atoms with Crippen LogP contribution in [0.1, 0.15) is 18.2 Å². The van der Waals surface area contributed by atoms with E-state index in [1.54, 1.807) is 0 Å². The molecule has 1 N–H and O–H groups in total. The highest BCUT2D eigenvalue weighted by atomic mass is 79.9. The summed E-state index contributed by atoms with van der Waals surface area (Å²) in [4.78, 5) is 4.38. The fraction of sp³-hybridized carbons (Fsp3) is 0.267. The van der Waals surface area contributed by atoms with Crippen molar-refractivity contribution in [2.75, 3.05) is 6.61 Å². The number of benzene rings is 1. The van der Waals surface area contributed by atoms with Gasteiger partial charge in [0.15, 0.2) is 0 Å². The number of halogens is 1. The van der Waals surface area contributed by atoms with Crippen LogP contribution in [0.15, 0.2) is 47.1 Å². The number of hydrogen-bond acceptors (Lipinski definition) is 3. The van der Waals surface area contributed by atoms with Crippen LogP contribution >= 0.6 is 15.9 Å². The normalized spacial score (nSPS) is 10.4. The van der Waals surface area contributed by atoms with Crippen LogP contribution in [0.2, 0.25) is 0 Å². The van der Waals surface area contributed by atoms with E-state index in [-0.39, 0.29) is 0 Å². The summed E-state index contributed by atoms with van der Waals surface area (Å²) in [6, 6.07) is 14.1. The predicted octanol–water partition coefficient (Wildman–Crippen LogP) is 3.53. The number of ether oxygens (including phenoxy) is 1. The molecule has 4 heteroatoms. The first-order chi connectivity index (χ1) is 9.28. The largest absolute Gasteiger partial charge is 0.494 e. The van der Waals surface area contributed by atoms with Gasteiger partial charge in [0, 0.05) is 13.1 Å². The highest BCUT2D eigenvalue weighted by Gasteiger charge is 1.98. The van der Waals surface area contributed by atoms with Crippen LogP contribution in [0.5, 0.6) is 5.75 Å². The molecular weight excluding hydrogens is 304 g/mol. The Hall–Kier alpha value is -1.39. The van der Waals surface area contributed by atoms with Gasteiger partial charge in [-0.15, -0.1) is 0 Å². The summed E-state index contributed by atoms with van der Waals surface area (Å²) < 4.78 is 6.35. The van der Waals surface area contributed by atoms with Gasteiger partial charge >= 0.3 is 0 Å². The molecule has 19 heavy (non-hydrogen) atoms. The molecule has 3 nitrogen and oxygen atoms in total. The zero-order chi connectivity index (χ0) is 13.5. The Balaban J connectivity index is 1.87. The van der Waals surface area contributed by atoms with Crippen molar-refractivity contribution >= 4 is 15.9 Å². The molecule has 0 aliphatic rings. The number of rotatable bonds is 6. The van der Waals surface area contributed by atoms with E-state index in [0.29, 0.717) is 6.61 Å². The van der Waals surface area contributed by atoms with Gasteiger partial charge in [-0.25, -0.2) is 4.98 Å². The van der Waals surface area contributed by atoms with E-state index in [2.05, 4.69) is 38.4 Å². The summed E-state index contributed by atoms with van der Waals surface area (Å²) >= 11 is 3.37. The van der Waals surface area contributed by atoms with Gasteiger partial charge in [-0.1, -0.05) is 18.2 Å². The van der Waals surface area contributed by atoms with Gasteiger partial charge in [0.2, 0.25) is 0 Å². The summed E-state index contributed by atoms with van der Waals surface area (Å²) in [7, 11) is 0. The molecule has 0 amide bonds. The fourth-order valence-corrected chi connectivity index (χ4v) is 2.18. The van der Waals surface area contributed by atoms with E-state index in [1.165, 1.54) is 5.56 Å². The maximum Gasteiger partial charge on any atom is 0.119 e. The van der Waals surface area contributed by atoms with Crippen molar-refractivity contribution in [1.29, 1.82) is 0 Å². The molecule has 0 bridgehead atoms. The minimum Gasteiger partial charge on any atom is -0.494 e. The van der Waals surface area contributed by atoms with E-state index >= 15 is 0 Å². The zero-order valence-corrected chi connectivity index (χ0v) is 12.5. The molecule has 2 aromatic rings. The zero-order valence-electron chi connectivity index (χ0n) is 10.9. The van der Waals surface area contributed by atoms with Crippen LogP contribution in [0.25, 0.3) is 0 Å². The number of pyridine rings is 1. The molecule has 0 spiro atoms. The lowest BCUT2D eigenvalue weighted by Gasteiger charge is -2.07. The van der Waals surface area contributed by atoms with Gasteiger partial charge in [0.05, 0.1) is 12.3 Å². The number of aromatic nitrogens is 1. The molecule has 0 aliphatic heterocycles. The van der Waals surface area contributed by atoms with Crippen LogP contribution in [-0.4, -0.2) is 11.6 Å². The lowest BCUT2D eigenvalue weighted by Crippen LogP contribution is -2.13. The Morgan fingerprint density at radius 3 is 2.79 bits per heavy atom. The topological polar surface area (TPSA) is 34.1 Å². The standard InChI is InChI=1S/C15H17BrN2O/c1-2-19-14-7-3-5-12(9-14)10-17-11-13-6-4-8-15(16)18-13/h3-9,17H,2,10-11H2,1H3. The molecule has 1 heterocycles. The minimum absolute atomic E-state index is 0.693. The summed E-state index contributed by atoms with van der Waals surface area (Å²) in [5.74, 6) is 0.919. The van der Waals surface area contributed by atoms with Crippen molar-refractivity contribution in [3.63, 3.8) is 0 Å². The average molecular weight is 321 g/mol. The van der Waals surface area contributed by atoms with Gasteiger partial charge in [0.1, 0.15) is 10.4 Å². The summed E-state index contributed by atoms with van der Waals surface area (Å²) in [6.07, 6.45) is 0. The Labute approximate surface area is 122 Å². The minimum atomic E-state index is 0.693. The third kappa shape index (κ3) is 4.65. The third-order valence-corrected chi connectivity index (χ3v) is 3.06. The second kappa shape index (κ2) is 7.26. The molecular formula is C15H17BrN2O. The Bertz CT molecular complexity index is 531. The van der Waals surface area contributed by atoms with Crippen molar-refractivity contribution in [1.82, 2.24) is 10.3 Å². The first-order valence-corrected chi connectivity index (χ1v) is 7.11. The highest BCUT2D eigenvalue weighted by molar-refractivity contribution is 9.10. The van der Waals surface area contributed by atoms with Crippen LogP contribution < -0.4 is 10.1 Å². The monoisotopic (exact) mass is 320 g/mol. The van der Waals surface area contributed by atoms with Gasteiger partial charge in [-0.3, -0.25) is 0 Å². The van der Waals surface area contributed by atoms with E-state index in [4.69, 9.17) is 4.74 Å². The first kappa shape index (κ1) is 14.0. The van der Waals surface area contributed by atoms with Gasteiger partial charge in [-0.2, -0.15) is 0 Å². The Kier molecular flexibility index (Phi) is 5.36. The maximum absolute atomic E-state index is 5.48. The molecule has 0 saturated heterocycles. The van der Waals surface area contributed by atoms with Gasteiger partial charge in [-0.05, 0) is 52.7 Å². The fourth-order valence-electron chi connectivity index (χ4n) is 1.80. The molecule has 0 radical (unpaired) electrons. The lowest BCUT2D eigenvalue weighted by atomic mass is 10.2. The SMILES string of the molecule is CCOc1cccc(CNCc2cccc(Br)n2)c1. The highest BCUT2D eigenvalue weighted by Crippen LogP contribution is 2.13. The van der Waals surface area contributed by atoms with Crippen molar-refractivity contribution in [2.45, 2.75) is 20.0 Å². The number of nitrogens with zero attached hydrogens (tertiary/aromatic N) is 1. The van der Waals surface area contributed by atoms with Crippen molar-refractivity contribution < 1.29 is 4.74 Å².